The molecule has 14 heavy (non-hydrogen) atoms. The van der Waals surface area contributed by atoms with Gasteiger partial charge in [0.2, 0.25) is 0 Å². The van der Waals surface area contributed by atoms with Crippen LogP contribution in [0.2, 0.25) is 0 Å². The zero-order valence-electron chi connectivity index (χ0n) is 9.51. The summed E-state index contributed by atoms with van der Waals surface area (Å²) in [5, 5.41) is 0. The summed E-state index contributed by atoms with van der Waals surface area (Å²) >= 11 is 0. The van der Waals surface area contributed by atoms with Crippen molar-refractivity contribution in [1.29, 1.82) is 0 Å². The molecule has 2 rings (SSSR count). The number of rotatable bonds is 1. The quantitative estimate of drug-likeness (QED) is 0.700. The van der Waals surface area contributed by atoms with Crippen LogP contribution < -0.4 is 5.73 Å². The number of hydrogen-bond acceptors (Lipinski definition) is 2. The van der Waals surface area contributed by atoms with Gasteiger partial charge in [-0.3, -0.25) is 0 Å². The molecule has 0 radical (unpaired) electrons. The van der Waals surface area contributed by atoms with E-state index in [4.69, 9.17) is 10.5 Å². The molecule has 0 spiro atoms. The van der Waals surface area contributed by atoms with Crippen LogP contribution in [0.3, 0.4) is 0 Å². The number of ether oxygens (including phenoxy) is 1. The predicted molar refractivity (Wildman–Crippen MR) is 58.1 cm³/mol. The fourth-order valence-corrected chi connectivity index (χ4v) is 3.18. The van der Waals surface area contributed by atoms with Crippen LogP contribution in [0.25, 0.3) is 0 Å². The van der Waals surface area contributed by atoms with E-state index in [0.717, 1.165) is 13.2 Å². The molecule has 82 valence electrons. The van der Waals surface area contributed by atoms with Crippen molar-refractivity contribution in [2.24, 2.45) is 17.1 Å². The normalized spacial score (nSPS) is 42.6. The Morgan fingerprint density at radius 3 is 2.57 bits per heavy atom. The van der Waals surface area contributed by atoms with E-state index in [9.17, 15) is 0 Å². The van der Waals surface area contributed by atoms with Gasteiger partial charge >= 0.3 is 0 Å². The Bertz CT molecular complexity index is 208. The largest absolute Gasteiger partial charge is 0.381 e. The van der Waals surface area contributed by atoms with Crippen molar-refractivity contribution in [2.75, 3.05) is 13.2 Å². The predicted octanol–water partition coefficient (Wildman–Crippen LogP) is 2.32. The Labute approximate surface area is 87.2 Å². The first kappa shape index (κ1) is 10.4. The molecule has 0 aromatic carbocycles. The third kappa shape index (κ3) is 1.96. The second-order valence-electron chi connectivity index (χ2n) is 5.99. The van der Waals surface area contributed by atoms with Crippen LogP contribution in [0.15, 0.2) is 0 Å². The van der Waals surface area contributed by atoms with Crippen LogP contribution in [0, 0.1) is 11.3 Å². The van der Waals surface area contributed by atoms with Gasteiger partial charge in [-0.2, -0.15) is 0 Å². The molecule has 1 aliphatic heterocycles. The highest BCUT2D eigenvalue weighted by Gasteiger charge is 2.45. The summed E-state index contributed by atoms with van der Waals surface area (Å²) in [4.78, 5) is 0. The van der Waals surface area contributed by atoms with Crippen molar-refractivity contribution < 1.29 is 4.74 Å². The first-order chi connectivity index (χ1) is 6.52. The Balaban J connectivity index is 2.01. The molecular formula is C12H23NO. The number of hydrogen-bond donors (Lipinski definition) is 1. The Morgan fingerprint density at radius 2 is 2.07 bits per heavy atom. The van der Waals surface area contributed by atoms with Gasteiger partial charge in [0.25, 0.3) is 0 Å². The van der Waals surface area contributed by atoms with Crippen LogP contribution in [0.5, 0.6) is 0 Å². The molecular weight excluding hydrogens is 174 g/mol. The van der Waals surface area contributed by atoms with Crippen LogP contribution in [-0.4, -0.2) is 18.8 Å². The molecule has 2 N–H and O–H groups in total. The minimum atomic E-state index is 0.0733. The maximum absolute atomic E-state index is 6.53. The molecule has 2 nitrogen and oxygen atoms in total. The second-order valence-corrected chi connectivity index (χ2v) is 5.99. The van der Waals surface area contributed by atoms with E-state index < -0.39 is 0 Å². The third-order valence-electron chi connectivity index (χ3n) is 4.05. The lowest BCUT2D eigenvalue weighted by atomic mass is 9.77. The standard InChI is InChI=1S/C12H23NO/c1-11(2)5-6-12(13,9-11)10-4-3-7-14-8-10/h10H,3-9,13H2,1-2H3. The van der Waals surface area contributed by atoms with Crippen molar-refractivity contribution in [2.45, 2.75) is 51.5 Å². The minimum Gasteiger partial charge on any atom is -0.381 e. The molecule has 2 fully saturated rings. The van der Waals surface area contributed by atoms with Gasteiger partial charge in [0.15, 0.2) is 0 Å². The van der Waals surface area contributed by atoms with Gasteiger partial charge in [0, 0.05) is 18.1 Å². The summed E-state index contributed by atoms with van der Waals surface area (Å²) in [6.45, 7) is 6.51. The third-order valence-corrected chi connectivity index (χ3v) is 4.05. The Kier molecular flexibility index (Phi) is 2.61. The molecule has 0 amide bonds. The summed E-state index contributed by atoms with van der Waals surface area (Å²) < 4.78 is 5.55. The fourth-order valence-electron chi connectivity index (χ4n) is 3.18. The van der Waals surface area contributed by atoms with Gasteiger partial charge in [-0.05, 0) is 37.5 Å². The van der Waals surface area contributed by atoms with Gasteiger partial charge < -0.3 is 10.5 Å². The summed E-state index contributed by atoms with van der Waals surface area (Å²) in [6.07, 6.45) is 6.11. The van der Waals surface area contributed by atoms with Crippen molar-refractivity contribution >= 4 is 0 Å². The Morgan fingerprint density at radius 1 is 1.29 bits per heavy atom. The van der Waals surface area contributed by atoms with E-state index >= 15 is 0 Å². The summed E-state index contributed by atoms with van der Waals surface area (Å²) in [6, 6.07) is 0. The average Bonchev–Trinajstić information content (AvgIpc) is 2.44. The van der Waals surface area contributed by atoms with Crippen molar-refractivity contribution in [3.8, 4) is 0 Å². The first-order valence-electron chi connectivity index (χ1n) is 5.89. The zero-order chi connectivity index (χ0) is 10.2. The van der Waals surface area contributed by atoms with E-state index in [2.05, 4.69) is 13.8 Å². The van der Waals surface area contributed by atoms with Crippen LogP contribution in [0.4, 0.5) is 0 Å². The van der Waals surface area contributed by atoms with Gasteiger partial charge in [0.05, 0.1) is 6.61 Å². The monoisotopic (exact) mass is 197 g/mol. The van der Waals surface area contributed by atoms with E-state index in [-0.39, 0.29) is 5.54 Å². The van der Waals surface area contributed by atoms with Gasteiger partial charge in [-0.15, -0.1) is 0 Å². The smallest absolute Gasteiger partial charge is 0.0511 e. The SMILES string of the molecule is CC1(C)CCC(N)(C2CCCOC2)C1. The highest BCUT2D eigenvalue weighted by Crippen LogP contribution is 2.47. The summed E-state index contributed by atoms with van der Waals surface area (Å²) in [5.74, 6) is 0.609. The molecule has 1 aliphatic carbocycles. The fraction of sp³-hybridized carbons (Fsp3) is 1.00. The van der Waals surface area contributed by atoms with Gasteiger partial charge in [-0.25, -0.2) is 0 Å². The zero-order valence-corrected chi connectivity index (χ0v) is 9.51. The molecule has 2 atom stereocenters. The summed E-state index contributed by atoms with van der Waals surface area (Å²) in [7, 11) is 0. The van der Waals surface area contributed by atoms with Crippen LogP contribution in [-0.2, 0) is 4.74 Å². The molecule has 1 saturated heterocycles. The molecule has 1 saturated carbocycles. The molecule has 0 bridgehead atoms. The maximum atomic E-state index is 6.53. The highest BCUT2D eigenvalue weighted by molar-refractivity contribution is 5.01. The molecule has 0 aromatic rings. The van der Waals surface area contributed by atoms with E-state index in [1.54, 1.807) is 0 Å². The van der Waals surface area contributed by atoms with Crippen molar-refractivity contribution in [3.63, 3.8) is 0 Å². The van der Waals surface area contributed by atoms with Gasteiger partial charge in [-0.1, -0.05) is 13.8 Å². The van der Waals surface area contributed by atoms with Crippen LogP contribution in [0.1, 0.15) is 46.0 Å². The minimum absolute atomic E-state index is 0.0733. The van der Waals surface area contributed by atoms with E-state index in [0.29, 0.717) is 11.3 Å². The lowest BCUT2D eigenvalue weighted by Gasteiger charge is -2.37. The maximum Gasteiger partial charge on any atom is 0.0511 e. The highest BCUT2D eigenvalue weighted by atomic mass is 16.5. The number of nitrogens with two attached hydrogens (primary N) is 1. The van der Waals surface area contributed by atoms with Crippen LogP contribution >= 0.6 is 0 Å². The average molecular weight is 197 g/mol. The second kappa shape index (κ2) is 3.49. The molecule has 0 aromatic heterocycles. The van der Waals surface area contributed by atoms with Crippen molar-refractivity contribution in [3.05, 3.63) is 0 Å². The first-order valence-corrected chi connectivity index (χ1v) is 5.89. The molecule has 2 unspecified atom stereocenters. The molecule has 2 aliphatic rings. The molecule has 2 heteroatoms. The molecule has 1 heterocycles. The van der Waals surface area contributed by atoms with Gasteiger partial charge in [0.1, 0.15) is 0 Å². The summed E-state index contributed by atoms with van der Waals surface area (Å²) in [5.41, 5.74) is 7.05. The Hall–Kier alpha value is -0.0800. The van der Waals surface area contributed by atoms with E-state index in [1.165, 1.54) is 32.1 Å². The topological polar surface area (TPSA) is 35.2 Å². The van der Waals surface area contributed by atoms with E-state index in [1.807, 2.05) is 0 Å². The van der Waals surface area contributed by atoms with Crippen molar-refractivity contribution in [1.82, 2.24) is 0 Å². The lowest BCUT2D eigenvalue weighted by Crippen LogP contribution is -2.48. The lowest BCUT2D eigenvalue weighted by molar-refractivity contribution is 0.0201.